The van der Waals surface area contributed by atoms with E-state index in [-0.39, 0.29) is 38.4 Å². The second kappa shape index (κ2) is 9.67. The minimum Gasteiger partial charge on any atom is -0.481 e. The molecule has 0 aliphatic carbocycles. The number of carboxylic acid groups (broad SMARTS) is 1. The van der Waals surface area contributed by atoms with E-state index in [9.17, 15) is 18.0 Å². The van der Waals surface area contributed by atoms with Crippen molar-refractivity contribution in [1.82, 2.24) is 4.31 Å². The number of methoxy groups -OCH3 is 1. The van der Waals surface area contributed by atoms with Crippen LogP contribution in [0.4, 0.5) is 0 Å². The van der Waals surface area contributed by atoms with Crippen molar-refractivity contribution in [1.29, 1.82) is 0 Å². The first-order valence-electron chi connectivity index (χ1n) is 6.17. The highest BCUT2D eigenvalue weighted by Gasteiger charge is 2.24. The highest BCUT2D eigenvalue weighted by Crippen LogP contribution is 2.06. The lowest BCUT2D eigenvalue weighted by atomic mass is 10.3. The molecule has 0 heterocycles. The lowest BCUT2D eigenvalue weighted by Crippen LogP contribution is -2.40. The number of carbonyl (C=O) groups excluding carboxylic acids is 1. The molecule has 0 radical (unpaired) electrons. The van der Waals surface area contributed by atoms with E-state index in [2.05, 4.69) is 0 Å². The number of rotatable bonds is 11. The molecule has 0 aliphatic heterocycles. The fraction of sp³-hybridized carbons (Fsp3) is 0.818. The van der Waals surface area contributed by atoms with Gasteiger partial charge in [0.05, 0.1) is 19.0 Å². The summed E-state index contributed by atoms with van der Waals surface area (Å²) in [5.74, 6) is -2.04. The third kappa shape index (κ3) is 8.08. The molecule has 0 saturated heterocycles. The molecule has 118 valence electrons. The number of esters is 1. The van der Waals surface area contributed by atoms with Crippen LogP contribution in [0, 0.1) is 0 Å². The molecule has 8 nitrogen and oxygen atoms in total. The van der Waals surface area contributed by atoms with E-state index in [0.29, 0.717) is 0 Å². The van der Waals surface area contributed by atoms with Crippen LogP contribution in [0.1, 0.15) is 19.8 Å². The molecule has 0 rings (SSSR count). The average molecular weight is 311 g/mol. The number of ether oxygens (including phenoxy) is 2. The predicted octanol–water partition coefficient (Wildman–Crippen LogP) is -0.307. The fourth-order valence-corrected chi connectivity index (χ4v) is 2.82. The van der Waals surface area contributed by atoms with E-state index < -0.39 is 28.5 Å². The molecule has 0 aromatic carbocycles. The molecule has 0 bridgehead atoms. The van der Waals surface area contributed by atoms with Gasteiger partial charge < -0.3 is 14.6 Å². The molecule has 0 unspecified atom stereocenters. The summed E-state index contributed by atoms with van der Waals surface area (Å²) in [6, 6.07) is 0. The molecule has 1 N–H and O–H groups in total. The van der Waals surface area contributed by atoms with E-state index in [0.717, 1.165) is 4.31 Å². The van der Waals surface area contributed by atoms with Crippen molar-refractivity contribution < 1.29 is 32.6 Å². The zero-order chi connectivity index (χ0) is 15.6. The van der Waals surface area contributed by atoms with Crippen LogP contribution < -0.4 is 0 Å². The monoisotopic (exact) mass is 311 g/mol. The first-order chi connectivity index (χ1) is 9.33. The SMILES string of the molecule is CCOC(=O)CN(CCOC)S(=O)(=O)CCCC(=O)O. The fourth-order valence-electron chi connectivity index (χ4n) is 1.40. The van der Waals surface area contributed by atoms with Crippen LogP contribution in [0.15, 0.2) is 0 Å². The first-order valence-corrected chi connectivity index (χ1v) is 7.78. The van der Waals surface area contributed by atoms with Crippen LogP contribution in [-0.2, 0) is 29.1 Å². The van der Waals surface area contributed by atoms with Crippen LogP contribution in [0.2, 0.25) is 0 Å². The van der Waals surface area contributed by atoms with Crippen LogP contribution in [0.25, 0.3) is 0 Å². The summed E-state index contributed by atoms with van der Waals surface area (Å²) in [5.41, 5.74) is 0. The number of hydrogen-bond donors (Lipinski definition) is 1. The summed E-state index contributed by atoms with van der Waals surface area (Å²) in [7, 11) is -2.30. The summed E-state index contributed by atoms with van der Waals surface area (Å²) < 4.78 is 34.5. The summed E-state index contributed by atoms with van der Waals surface area (Å²) in [6.45, 7) is 1.55. The Morgan fingerprint density at radius 3 is 2.45 bits per heavy atom. The number of aliphatic carboxylic acids is 1. The van der Waals surface area contributed by atoms with Gasteiger partial charge in [-0.3, -0.25) is 9.59 Å². The Labute approximate surface area is 118 Å². The topological polar surface area (TPSA) is 110 Å². The Morgan fingerprint density at radius 2 is 1.95 bits per heavy atom. The number of sulfonamides is 1. The maximum Gasteiger partial charge on any atom is 0.321 e. The molecule has 0 atom stereocenters. The molecule has 0 aliphatic rings. The molecule has 20 heavy (non-hydrogen) atoms. The lowest BCUT2D eigenvalue weighted by molar-refractivity contribution is -0.143. The second-order valence-corrected chi connectivity index (χ2v) is 6.03. The molecular weight excluding hydrogens is 290 g/mol. The third-order valence-corrected chi connectivity index (χ3v) is 4.24. The van der Waals surface area contributed by atoms with Crippen molar-refractivity contribution in [3.63, 3.8) is 0 Å². The van der Waals surface area contributed by atoms with Crippen LogP contribution >= 0.6 is 0 Å². The maximum atomic E-state index is 12.0. The largest absolute Gasteiger partial charge is 0.481 e. The predicted molar refractivity (Wildman–Crippen MR) is 70.7 cm³/mol. The van der Waals surface area contributed by atoms with Gasteiger partial charge >= 0.3 is 11.9 Å². The number of carboxylic acids is 1. The van der Waals surface area contributed by atoms with Crippen molar-refractivity contribution >= 4 is 22.0 Å². The maximum absolute atomic E-state index is 12.0. The van der Waals surface area contributed by atoms with Gasteiger partial charge in [-0.25, -0.2) is 8.42 Å². The van der Waals surface area contributed by atoms with Gasteiger partial charge in [-0.2, -0.15) is 4.31 Å². The minimum absolute atomic E-state index is 0.00995. The van der Waals surface area contributed by atoms with Gasteiger partial charge in [0.25, 0.3) is 0 Å². The standard InChI is InChI=1S/C11H21NO7S/c1-3-19-11(15)9-12(6-7-18-2)20(16,17)8-4-5-10(13)14/h3-9H2,1-2H3,(H,13,14). The van der Waals surface area contributed by atoms with Gasteiger partial charge in [-0.05, 0) is 13.3 Å². The molecule has 0 aromatic rings. The molecule has 0 amide bonds. The summed E-state index contributed by atoms with van der Waals surface area (Å²) >= 11 is 0. The van der Waals surface area contributed by atoms with Gasteiger partial charge in [0.2, 0.25) is 10.0 Å². The quantitative estimate of drug-likeness (QED) is 0.521. The molecule has 0 aromatic heterocycles. The summed E-state index contributed by atoms with van der Waals surface area (Å²) in [5, 5.41) is 8.50. The van der Waals surface area contributed by atoms with Crippen molar-refractivity contribution in [3.8, 4) is 0 Å². The lowest BCUT2D eigenvalue weighted by Gasteiger charge is -2.20. The van der Waals surface area contributed by atoms with Crippen LogP contribution in [0.5, 0.6) is 0 Å². The van der Waals surface area contributed by atoms with E-state index in [4.69, 9.17) is 14.6 Å². The third-order valence-electron chi connectivity index (χ3n) is 2.34. The number of hydrogen-bond acceptors (Lipinski definition) is 6. The zero-order valence-corrected chi connectivity index (χ0v) is 12.5. The molecule has 0 spiro atoms. The Kier molecular flexibility index (Phi) is 9.10. The summed E-state index contributed by atoms with van der Waals surface area (Å²) in [6.07, 6.45) is -0.249. The smallest absolute Gasteiger partial charge is 0.321 e. The van der Waals surface area contributed by atoms with Gasteiger partial charge in [-0.15, -0.1) is 0 Å². The summed E-state index contributed by atoms with van der Waals surface area (Å²) in [4.78, 5) is 21.8. The molecule has 0 fully saturated rings. The zero-order valence-electron chi connectivity index (χ0n) is 11.7. The Morgan fingerprint density at radius 1 is 1.30 bits per heavy atom. The second-order valence-electron chi connectivity index (χ2n) is 3.94. The molecular formula is C11H21NO7S. The van der Waals surface area contributed by atoms with E-state index in [1.807, 2.05) is 0 Å². The molecule has 9 heteroatoms. The van der Waals surface area contributed by atoms with Gasteiger partial charge in [0.1, 0.15) is 6.54 Å². The number of nitrogens with zero attached hydrogens (tertiary/aromatic N) is 1. The first kappa shape index (κ1) is 18.8. The Bertz CT molecular complexity index is 407. The van der Waals surface area contributed by atoms with E-state index >= 15 is 0 Å². The Hall–Kier alpha value is -1.19. The van der Waals surface area contributed by atoms with Crippen molar-refractivity contribution in [2.75, 3.05) is 39.2 Å². The average Bonchev–Trinajstić information content (AvgIpc) is 2.33. The van der Waals surface area contributed by atoms with Crippen LogP contribution in [0.3, 0.4) is 0 Å². The minimum atomic E-state index is -3.71. The van der Waals surface area contributed by atoms with E-state index in [1.165, 1.54) is 7.11 Å². The van der Waals surface area contributed by atoms with Crippen molar-refractivity contribution in [3.05, 3.63) is 0 Å². The van der Waals surface area contributed by atoms with Gasteiger partial charge in [0.15, 0.2) is 0 Å². The van der Waals surface area contributed by atoms with E-state index in [1.54, 1.807) is 6.92 Å². The van der Waals surface area contributed by atoms with Gasteiger partial charge in [-0.1, -0.05) is 0 Å². The Balaban J connectivity index is 4.63. The van der Waals surface area contributed by atoms with Gasteiger partial charge in [0, 0.05) is 20.1 Å². The highest BCUT2D eigenvalue weighted by molar-refractivity contribution is 7.89. The number of carbonyl (C=O) groups is 2. The normalized spacial score (nSPS) is 11.6. The molecule has 0 saturated carbocycles. The van der Waals surface area contributed by atoms with Crippen molar-refractivity contribution in [2.45, 2.75) is 19.8 Å². The van der Waals surface area contributed by atoms with Crippen molar-refractivity contribution in [2.24, 2.45) is 0 Å². The van der Waals surface area contributed by atoms with Crippen LogP contribution in [-0.4, -0.2) is 68.9 Å². The highest BCUT2D eigenvalue weighted by atomic mass is 32.2.